The monoisotopic (exact) mass is 1030 g/mol. The lowest BCUT2D eigenvalue weighted by Gasteiger charge is -2.24. The van der Waals surface area contributed by atoms with Crippen LogP contribution in [0, 0.1) is 29.6 Å². The van der Waals surface area contributed by atoms with Crippen LogP contribution in [-0.4, -0.2) is 101 Å². The Morgan fingerprint density at radius 1 is 0.689 bits per heavy atom. The van der Waals surface area contributed by atoms with Gasteiger partial charge in [0.05, 0.1) is 17.4 Å². The van der Waals surface area contributed by atoms with Crippen molar-refractivity contribution in [2.75, 3.05) is 26.2 Å². The number of amides is 4. The number of aromatic amines is 1. The number of aliphatic carboxylic acids is 1. The van der Waals surface area contributed by atoms with Crippen LogP contribution in [0.4, 0.5) is 9.59 Å². The van der Waals surface area contributed by atoms with Crippen LogP contribution in [-0.2, 0) is 46.7 Å². The molecule has 74 heavy (non-hydrogen) atoms. The highest BCUT2D eigenvalue weighted by Gasteiger charge is 2.61. The lowest BCUT2D eigenvalue weighted by atomic mass is 9.88. The smallest absolute Gasteiger partial charge is 0.410 e. The maximum absolute atomic E-state index is 14.1. The minimum atomic E-state index is -4.28. The summed E-state index contributed by atoms with van der Waals surface area (Å²) in [5, 5.41) is 17.8. The summed E-state index contributed by atoms with van der Waals surface area (Å²) in [4.78, 5) is 70.9. The number of ether oxygens (including phenoxy) is 2. The third kappa shape index (κ3) is 12.1. The molecule has 0 spiro atoms. The highest BCUT2D eigenvalue weighted by molar-refractivity contribution is 7.90. The van der Waals surface area contributed by atoms with E-state index in [1.54, 1.807) is 56.1 Å². The van der Waals surface area contributed by atoms with Crippen molar-refractivity contribution >= 4 is 72.4 Å². The van der Waals surface area contributed by atoms with Crippen LogP contribution in [0.2, 0.25) is 0 Å². The summed E-state index contributed by atoms with van der Waals surface area (Å²) in [6.45, 7) is 15.7. The average molecular weight is 1030 g/mol. The van der Waals surface area contributed by atoms with E-state index in [1.165, 1.54) is 27.3 Å². The van der Waals surface area contributed by atoms with Gasteiger partial charge in [-0.3, -0.25) is 14.4 Å². The molecule has 2 aliphatic heterocycles. The SMILES string of the molecule is C=C[C@@H]1C[C@]1(NC(=O)[C@H]1CN(C(=O)OC(C)(C)C)C[C@@H]1CCc1cccc2ccccc12)C(=O)NS(=O)(=O)c1cccc2cc[nH]c12.CC(C)(C)OC(=O)N1C[C@H](CCc2cccc3ccccc23)[C@@H](C(=O)O)C1. The van der Waals surface area contributed by atoms with Gasteiger partial charge in [-0.15, -0.1) is 6.58 Å². The molecule has 0 unspecified atom stereocenters. The topological polar surface area (TPSA) is 205 Å². The van der Waals surface area contributed by atoms with Crippen LogP contribution >= 0.6 is 0 Å². The van der Waals surface area contributed by atoms with E-state index in [9.17, 15) is 37.5 Å². The van der Waals surface area contributed by atoms with Gasteiger partial charge in [-0.1, -0.05) is 103 Å². The molecular formula is C58H67N5O10S. The number of sulfonamides is 1. The number of benzene rings is 5. The fraction of sp³-hybridized carbons (Fsp3) is 0.397. The fourth-order valence-corrected chi connectivity index (χ4v) is 11.7. The number of hydrogen-bond donors (Lipinski definition) is 4. The predicted molar refractivity (Wildman–Crippen MR) is 285 cm³/mol. The molecule has 16 heteroatoms. The van der Waals surface area contributed by atoms with Crippen LogP contribution in [0.3, 0.4) is 0 Å². The first-order chi connectivity index (χ1) is 35.1. The molecule has 5 aromatic carbocycles. The van der Waals surface area contributed by atoms with Crippen molar-refractivity contribution in [1.82, 2.24) is 24.8 Å². The summed E-state index contributed by atoms with van der Waals surface area (Å²) in [5.41, 5.74) is -0.0346. The summed E-state index contributed by atoms with van der Waals surface area (Å²) in [6.07, 6.45) is 5.27. The molecule has 390 valence electrons. The van der Waals surface area contributed by atoms with Crippen LogP contribution in [0.25, 0.3) is 32.4 Å². The summed E-state index contributed by atoms with van der Waals surface area (Å²) >= 11 is 0. The zero-order chi connectivity index (χ0) is 53.2. The third-order valence-corrected chi connectivity index (χ3v) is 15.7. The minimum Gasteiger partial charge on any atom is -0.481 e. The second-order valence-corrected chi connectivity index (χ2v) is 23.5. The molecule has 1 saturated carbocycles. The number of nitrogens with zero attached hydrogens (tertiary/aromatic N) is 2. The fourth-order valence-electron chi connectivity index (χ4n) is 10.5. The summed E-state index contributed by atoms with van der Waals surface area (Å²) in [7, 11) is -4.28. The van der Waals surface area contributed by atoms with Crippen molar-refractivity contribution in [2.45, 2.75) is 95.3 Å². The van der Waals surface area contributed by atoms with E-state index in [2.05, 4.69) is 70.1 Å². The Hall–Kier alpha value is -7.20. The van der Waals surface area contributed by atoms with Gasteiger partial charge in [0.25, 0.3) is 15.9 Å². The van der Waals surface area contributed by atoms with Crippen molar-refractivity contribution in [1.29, 1.82) is 0 Å². The number of nitrogens with one attached hydrogen (secondary N) is 3. The molecule has 3 aliphatic rings. The lowest BCUT2D eigenvalue weighted by molar-refractivity contribution is -0.142. The first-order valence-electron chi connectivity index (χ1n) is 25.3. The Kier molecular flexibility index (Phi) is 15.3. The number of rotatable bonds is 13. The molecule has 0 bridgehead atoms. The molecule has 1 aromatic heterocycles. The third-order valence-electron chi connectivity index (χ3n) is 14.3. The van der Waals surface area contributed by atoms with Gasteiger partial charge in [0.1, 0.15) is 21.6 Å². The molecule has 9 rings (SSSR count). The van der Waals surface area contributed by atoms with Crippen LogP contribution < -0.4 is 10.0 Å². The number of carboxylic acids is 1. The summed E-state index contributed by atoms with van der Waals surface area (Å²) < 4.78 is 40.1. The molecule has 4 amide bonds. The second kappa shape index (κ2) is 21.3. The van der Waals surface area contributed by atoms with E-state index in [1.807, 2.05) is 57.2 Å². The number of fused-ring (bicyclic) bond motifs is 3. The number of likely N-dealkylation sites (tertiary alicyclic amines) is 2. The average Bonchev–Trinajstić information content (AvgIpc) is 3.72. The molecule has 2 saturated heterocycles. The van der Waals surface area contributed by atoms with Gasteiger partial charge in [0.2, 0.25) is 5.91 Å². The normalized spacial score (nSPS) is 21.7. The molecule has 6 atom stereocenters. The van der Waals surface area contributed by atoms with Gasteiger partial charge < -0.3 is 34.7 Å². The number of carbonyl (C=O) groups excluding carboxylic acids is 4. The number of aromatic nitrogens is 1. The Morgan fingerprint density at radius 2 is 1.18 bits per heavy atom. The van der Waals surface area contributed by atoms with E-state index in [-0.39, 0.29) is 36.2 Å². The Bertz CT molecular complexity index is 3200. The van der Waals surface area contributed by atoms with E-state index >= 15 is 0 Å². The van der Waals surface area contributed by atoms with Gasteiger partial charge in [-0.2, -0.15) is 0 Å². The van der Waals surface area contributed by atoms with Crippen molar-refractivity contribution in [2.24, 2.45) is 29.6 Å². The molecule has 0 radical (unpaired) electrons. The molecule has 6 aromatic rings. The summed E-state index contributed by atoms with van der Waals surface area (Å²) in [6, 6.07) is 35.2. The highest BCUT2D eigenvalue weighted by Crippen LogP contribution is 2.46. The van der Waals surface area contributed by atoms with Crippen molar-refractivity contribution in [3.63, 3.8) is 0 Å². The number of carboxylic acid groups (broad SMARTS) is 1. The van der Waals surface area contributed by atoms with Gasteiger partial charge in [-0.05, 0) is 130 Å². The molecule has 3 heterocycles. The van der Waals surface area contributed by atoms with E-state index in [4.69, 9.17) is 9.47 Å². The van der Waals surface area contributed by atoms with E-state index in [0.717, 1.165) is 29.2 Å². The van der Waals surface area contributed by atoms with Gasteiger partial charge in [-0.25, -0.2) is 22.7 Å². The van der Waals surface area contributed by atoms with Crippen molar-refractivity contribution < 1.29 is 47.0 Å². The maximum Gasteiger partial charge on any atom is 0.410 e. The number of carbonyl (C=O) groups is 5. The zero-order valence-corrected chi connectivity index (χ0v) is 43.7. The molecule has 4 N–H and O–H groups in total. The van der Waals surface area contributed by atoms with Gasteiger partial charge >= 0.3 is 18.2 Å². The van der Waals surface area contributed by atoms with Gasteiger partial charge in [0, 0.05) is 43.7 Å². The maximum atomic E-state index is 14.1. The Labute approximate surface area is 432 Å². The van der Waals surface area contributed by atoms with Crippen molar-refractivity contribution in [3.8, 4) is 0 Å². The first kappa shape index (κ1) is 53.1. The van der Waals surface area contributed by atoms with Gasteiger partial charge in [0.15, 0.2) is 0 Å². The number of para-hydroxylation sites is 1. The largest absolute Gasteiger partial charge is 0.481 e. The molecule has 3 fully saturated rings. The molecule has 15 nitrogen and oxygen atoms in total. The Morgan fingerprint density at radius 3 is 1.69 bits per heavy atom. The van der Waals surface area contributed by atoms with E-state index in [0.29, 0.717) is 36.8 Å². The number of aryl methyl sites for hydroxylation is 2. The minimum absolute atomic E-state index is 0.0667. The first-order valence-corrected chi connectivity index (χ1v) is 26.7. The number of H-pyrrole nitrogens is 1. The zero-order valence-electron chi connectivity index (χ0n) is 42.9. The molecule has 1 aliphatic carbocycles. The molecular weight excluding hydrogens is 959 g/mol. The van der Waals surface area contributed by atoms with Crippen LogP contribution in [0.5, 0.6) is 0 Å². The number of hydrogen-bond acceptors (Lipinski definition) is 9. The highest BCUT2D eigenvalue weighted by atomic mass is 32.2. The summed E-state index contributed by atoms with van der Waals surface area (Å²) in [5.74, 6) is -4.03. The Balaban J connectivity index is 0.000000229. The van der Waals surface area contributed by atoms with Crippen LogP contribution in [0.1, 0.15) is 71.9 Å². The quantitative estimate of drug-likeness (QED) is 0.0807. The van der Waals surface area contributed by atoms with Crippen LogP contribution in [0.15, 0.2) is 133 Å². The lowest BCUT2D eigenvalue weighted by Crippen LogP contribution is -2.54. The van der Waals surface area contributed by atoms with Crippen molar-refractivity contribution in [3.05, 3.63) is 139 Å². The second-order valence-electron chi connectivity index (χ2n) is 21.8. The standard InChI is InChI=1S/C36H40N4O6S.C22H27NO4/c1-5-27-20-36(27,33(42)39-47(44,45)30-15-9-13-25-18-19-37-31(25)30)38-32(41)29-22-40(34(43)46-35(2,3)4)21-26(29)17-16-24-12-8-11-23-10-6-7-14-28(23)24;1-22(2,3)27-21(26)23-13-17(19(14-23)20(24)25)12-11-16-9-6-8-15-7-4-5-10-18(15)16/h5-15,18-19,26-27,29,37H,1,16-17,20-22H2,2-4H3,(H,38,41)(H,39,42);4-10,17,19H,11-14H2,1-3H3,(H,24,25)/t26-,27+,29-,36+;17-,19-/m00/s1. The van der Waals surface area contributed by atoms with E-state index < -0.39 is 74.5 Å². The predicted octanol–water partition coefficient (Wildman–Crippen LogP) is 9.64.